The van der Waals surface area contributed by atoms with Crippen molar-refractivity contribution in [1.82, 2.24) is 0 Å². The number of ether oxygens (including phenoxy) is 1. The summed E-state index contributed by atoms with van der Waals surface area (Å²) in [5.74, 6) is 1.77. The van der Waals surface area contributed by atoms with Gasteiger partial charge in [-0.05, 0) is 187 Å². The van der Waals surface area contributed by atoms with E-state index in [1.54, 1.807) is 0 Å². The Balaban J connectivity index is 1.02. The molecule has 0 amide bonds. The van der Waals surface area contributed by atoms with Gasteiger partial charge in [-0.2, -0.15) is 0 Å². The molecular weight excluding hydrogens is 1190 g/mol. The monoisotopic (exact) mass is 1280 g/mol. The van der Waals surface area contributed by atoms with Crippen molar-refractivity contribution in [2.75, 3.05) is 4.90 Å². The van der Waals surface area contributed by atoms with Crippen molar-refractivity contribution >= 4 is 51.9 Å². The second kappa shape index (κ2) is 22.4. The molecule has 0 radical (unpaired) electrons. The summed E-state index contributed by atoms with van der Waals surface area (Å²) in [5, 5.41) is 0. The van der Waals surface area contributed by atoms with Crippen LogP contribution in [0, 0.1) is 0 Å². The normalized spacial score (nSPS) is 14.2. The van der Waals surface area contributed by atoms with Crippen molar-refractivity contribution in [1.29, 1.82) is 0 Å². The summed E-state index contributed by atoms with van der Waals surface area (Å²) < 4.78 is 7.13. The van der Waals surface area contributed by atoms with Crippen LogP contribution in [0.2, 0.25) is 0 Å². The van der Waals surface area contributed by atoms with Gasteiger partial charge in [0.25, 0.3) is 0 Å². The fourth-order valence-electron chi connectivity index (χ4n) is 15.8. The van der Waals surface area contributed by atoms with Gasteiger partial charge in [0, 0.05) is 43.4 Å². The third-order valence-corrected chi connectivity index (χ3v) is 22.5. The van der Waals surface area contributed by atoms with E-state index in [2.05, 4.69) is 357 Å². The van der Waals surface area contributed by atoms with Crippen molar-refractivity contribution in [2.24, 2.45) is 0 Å². The summed E-state index contributed by atoms with van der Waals surface area (Å²) in [4.78, 5) is 5.26. The molecule has 3 aliphatic heterocycles. The van der Waals surface area contributed by atoms with Crippen LogP contribution in [-0.2, 0) is 32.5 Å². The zero-order chi connectivity index (χ0) is 67.5. The van der Waals surface area contributed by atoms with Crippen LogP contribution in [0.1, 0.15) is 154 Å². The van der Waals surface area contributed by atoms with Gasteiger partial charge in [0.05, 0.1) is 11.1 Å². The molecule has 12 aromatic carbocycles. The van der Waals surface area contributed by atoms with Gasteiger partial charge < -0.3 is 9.64 Å². The first kappa shape index (κ1) is 62.5. The Morgan fingerprint density at radius 3 is 1.23 bits per heavy atom. The molecule has 0 unspecified atom stereocenters. The first-order chi connectivity index (χ1) is 46.2. The molecule has 12 aromatic rings. The minimum Gasteiger partial charge on any atom is -0.457 e. The highest BCUT2D eigenvalue weighted by Gasteiger charge is 2.51. The van der Waals surface area contributed by atoms with Gasteiger partial charge in [0.15, 0.2) is 0 Å². The van der Waals surface area contributed by atoms with E-state index in [1.807, 2.05) is 11.8 Å². The molecule has 478 valence electrons. The molecule has 0 atom stereocenters. The molecule has 0 fully saturated rings. The Morgan fingerprint density at radius 2 is 0.701 bits per heavy atom. The maximum Gasteiger partial charge on any atom is 0.249 e. The highest BCUT2D eigenvalue weighted by molar-refractivity contribution is 8.00. The van der Waals surface area contributed by atoms with E-state index < -0.39 is 5.41 Å². The topological polar surface area (TPSA) is 12.5 Å². The second-order valence-electron chi connectivity index (χ2n) is 33.0. The molecule has 97 heavy (non-hydrogen) atoms. The molecule has 1 spiro atoms. The zero-order valence-corrected chi connectivity index (χ0v) is 59.8. The lowest BCUT2D eigenvalue weighted by molar-refractivity contribution is 0.436. The van der Waals surface area contributed by atoms with Gasteiger partial charge in [-0.25, -0.2) is 0 Å². The first-order valence-corrected chi connectivity index (χ1v) is 35.7. The van der Waals surface area contributed by atoms with Crippen LogP contribution >= 0.6 is 11.8 Å². The average molecular weight is 1280 g/mol. The molecule has 3 heterocycles. The number of nitrogens with zero attached hydrogens (tertiary/aromatic N) is 1. The van der Waals surface area contributed by atoms with Crippen LogP contribution in [-0.4, -0.2) is 6.71 Å². The van der Waals surface area contributed by atoms with Gasteiger partial charge in [0.2, 0.25) is 6.71 Å². The third kappa shape index (κ3) is 10.4. The van der Waals surface area contributed by atoms with Crippen molar-refractivity contribution in [3.63, 3.8) is 0 Å². The van der Waals surface area contributed by atoms with Gasteiger partial charge >= 0.3 is 0 Å². The number of anilines is 3. The summed E-state index contributed by atoms with van der Waals surface area (Å²) in [7, 11) is 0. The minimum absolute atomic E-state index is 0.0339. The van der Waals surface area contributed by atoms with E-state index in [1.165, 1.54) is 132 Å². The van der Waals surface area contributed by atoms with Gasteiger partial charge in [-0.15, -0.1) is 0 Å². The lowest BCUT2D eigenvalue weighted by atomic mass is 9.34. The van der Waals surface area contributed by atoms with Gasteiger partial charge in [-0.1, -0.05) is 315 Å². The van der Waals surface area contributed by atoms with Crippen LogP contribution in [0.5, 0.6) is 11.5 Å². The molecule has 16 rings (SSSR count). The summed E-state index contributed by atoms with van der Waals surface area (Å²) in [5.41, 5.74) is 32.4. The fourth-order valence-corrected chi connectivity index (χ4v) is 17.1. The molecule has 4 heteroatoms. The molecule has 0 N–H and O–H groups in total. The standard InChI is InChI=1S/C93H86BNOS/c1-88(2,3)65-44-62(45-66(53-65)89(4,5)6)60-38-41-78-80(49-60)95(87-72(57-28-18-16-19-29-57)55-69(92(13,14)15)56-73(87)58-30-20-17-21-31-58)81-50-64(52-85-86(81)94(78)79-42-39-61(51-84(79)97-85)63-46-67(90(7,8)9)54-68(47-63)91(10,11)12)59-40-43-83-77(48-59)93(76-36-26-27-37-82(76)96-83)74-34-24-22-32-70(74)71-33-23-25-35-75(71)93/h16-56H,1-15H3. The predicted octanol–water partition coefficient (Wildman–Crippen LogP) is 23.7. The number of para-hydroxylation sites is 1. The number of hydrogen-bond donors (Lipinski definition) is 0. The van der Waals surface area contributed by atoms with E-state index >= 15 is 0 Å². The lowest BCUT2D eigenvalue weighted by Gasteiger charge is -2.42. The molecule has 1 aliphatic carbocycles. The third-order valence-electron chi connectivity index (χ3n) is 21.3. The molecule has 2 nitrogen and oxygen atoms in total. The van der Waals surface area contributed by atoms with E-state index in [-0.39, 0.29) is 33.8 Å². The predicted molar refractivity (Wildman–Crippen MR) is 414 cm³/mol. The van der Waals surface area contributed by atoms with Crippen LogP contribution in [0.25, 0.3) is 66.8 Å². The number of hydrogen-bond acceptors (Lipinski definition) is 3. The van der Waals surface area contributed by atoms with Crippen molar-refractivity contribution in [3.05, 3.63) is 299 Å². The van der Waals surface area contributed by atoms with E-state index in [9.17, 15) is 0 Å². The number of benzene rings is 12. The summed E-state index contributed by atoms with van der Waals surface area (Å²) in [6, 6.07) is 96.1. The Kier molecular flexibility index (Phi) is 14.4. The molecule has 0 saturated heterocycles. The SMILES string of the molecule is CC(C)(C)c1cc(-c2ccc3c(c2)Sc2cc(-c4ccc5c(c4)C4(c6ccccc6O5)c5ccccc5-c5ccccc54)cc4c2B3c2ccc(-c3cc(C(C)(C)C)cc(C(C)(C)C)c3)cc2N4c2c(-c3ccccc3)cc(C(C)(C)C)cc2-c2ccccc2)cc(C(C)(C)C)c1. The first-order valence-electron chi connectivity index (χ1n) is 34.9. The Labute approximate surface area is 581 Å². The fraction of sp³-hybridized carbons (Fsp3) is 0.226. The maximum absolute atomic E-state index is 7.13. The quantitative estimate of drug-likeness (QED) is 0.154. The Hall–Kier alpha value is -9.35. The van der Waals surface area contributed by atoms with Crippen molar-refractivity contribution in [3.8, 4) is 78.3 Å². The molecule has 0 aromatic heterocycles. The summed E-state index contributed by atoms with van der Waals surface area (Å²) in [6.07, 6.45) is 0. The minimum atomic E-state index is -0.634. The Morgan fingerprint density at radius 1 is 0.299 bits per heavy atom. The highest BCUT2D eigenvalue weighted by atomic mass is 32.2. The van der Waals surface area contributed by atoms with E-state index in [0.29, 0.717) is 0 Å². The number of fused-ring (bicyclic) bond motifs is 13. The molecule has 0 bridgehead atoms. The van der Waals surface area contributed by atoms with Gasteiger partial charge in [-0.3, -0.25) is 0 Å². The molecule has 4 aliphatic rings. The molecule has 0 saturated carbocycles. The summed E-state index contributed by atoms with van der Waals surface area (Å²) in [6.45, 7) is 35.2. The van der Waals surface area contributed by atoms with Crippen LogP contribution in [0.3, 0.4) is 0 Å². The largest absolute Gasteiger partial charge is 0.457 e. The van der Waals surface area contributed by atoms with Gasteiger partial charge in [0.1, 0.15) is 11.5 Å². The average Bonchev–Trinajstić information content (AvgIpc) is 1.66. The van der Waals surface area contributed by atoms with E-state index in [4.69, 9.17) is 4.74 Å². The number of rotatable bonds is 6. The zero-order valence-electron chi connectivity index (χ0n) is 59.0. The lowest BCUT2D eigenvalue weighted by Crippen LogP contribution is -2.59. The van der Waals surface area contributed by atoms with Crippen LogP contribution < -0.4 is 26.0 Å². The van der Waals surface area contributed by atoms with Crippen LogP contribution in [0.4, 0.5) is 17.1 Å². The maximum atomic E-state index is 7.13. The van der Waals surface area contributed by atoms with Crippen molar-refractivity contribution in [2.45, 2.75) is 146 Å². The second-order valence-corrected chi connectivity index (χ2v) is 34.0. The highest BCUT2D eigenvalue weighted by Crippen LogP contribution is 2.63. The summed E-state index contributed by atoms with van der Waals surface area (Å²) >= 11 is 1.94. The smallest absolute Gasteiger partial charge is 0.249 e. The van der Waals surface area contributed by atoms with Crippen LogP contribution in [0.15, 0.2) is 259 Å². The Bertz CT molecular complexity index is 5020. The van der Waals surface area contributed by atoms with E-state index in [0.717, 1.165) is 39.4 Å². The van der Waals surface area contributed by atoms with Crippen molar-refractivity contribution < 1.29 is 4.74 Å². The molecular formula is C93H86BNOS.